The van der Waals surface area contributed by atoms with Crippen molar-refractivity contribution in [2.45, 2.75) is 45.0 Å². The summed E-state index contributed by atoms with van der Waals surface area (Å²) in [5, 5.41) is 8.93. The number of alkyl halides is 3. The van der Waals surface area contributed by atoms with E-state index in [1.54, 1.807) is 0 Å². The van der Waals surface area contributed by atoms with Crippen molar-refractivity contribution in [2.24, 2.45) is 5.73 Å². The molecule has 1 unspecified atom stereocenters. The minimum atomic E-state index is -4.90. The van der Waals surface area contributed by atoms with Gasteiger partial charge >= 0.3 is 18.2 Å². The SMILES string of the molecule is CC(C)(C)OC(=O)C(F)(F)F.NC1CCN(C(=O)O)c2ccc(F)cc21. The second-order valence-corrected chi connectivity index (χ2v) is 6.53. The normalized spacial score (nSPS) is 16.9. The van der Waals surface area contributed by atoms with Crippen LogP contribution in [0.3, 0.4) is 0 Å². The van der Waals surface area contributed by atoms with Gasteiger partial charge in [0.15, 0.2) is 0 Å². The summed E-state index contributed by atoms with van der Waals surface area (Å²) in [5.41, 5.74) is 5.75. The fraction of sp³-hybridized carbons (Fsp3) is 0.500. The van der Waals surface area contributed by atoms with Crippen LogP contribution in [0.5, 0.6) is 0 Å². The monoisotopic (exact) mass is 380 g/mol. The van der Waals surface area contributed by atoms with E-state index in [0.29, 0.717) is 24.2 Å². The van der Waals surface area contributed by atoms with Crippen LogP contribution in [-0.4, -0.2) is 35.5 Å². The molecule has 1 aliphatic rings. The Bertz CT molecular complexity index is 671. The molecule has 1 aliphatic heterocycles. The Morgan fingerprint density at radius 1 is 1.27 bits per heavy atom. The van der Waals surface area contributed by atoms with E-state index in [1.165, 1.54) is 43.9 Å². The summed E-state index contributed by atoms with van der Waals surface area (Å²) in [5.74, 6) is -2.54. The Hall–Kier alpha value is -2.36. The standard InChI is InChI=1S/C10H11FN2O2.C6H9F3O2/c11-6-1-2-9-7(5-6)8(12)3-4-13(9)10(14)15;1-5(2,3)11-4(10)6(7,8)9/h1-2,5,8H,3-4,12H2,(H,14,15);1-3H3. The lowest BCUT2D eigenvalue weighted by Crippen LogP contribution is -2.37. The predicted octanol–water partition coefficient (Wildman–Crippen LogP) is 3.60. The van der Waals surface area contributed by atoms with Crippen molar-refractivity contribution in [1.82, 2.24) is 0 Å². The van der Waals surface area contributed by atoms with Crippen LogP contribution in [0.1, 0.15) is 38.8 Å². The van der Waals surface area contributed by atoms with E-state index in [0.717, 1.165) is 0 Å². The number of nitrogens with two attached hydrogens (primary N) is 1. The summed E-state index contributed by atoms with van der Waals surface area (Å²) < 4.78 is 51.5. The van der Waals surface area contributed by atoms with Gasteiger partial charge in [0.25, 0.3) is 0 Å². The number of esters is 1. The Labute approximate surface area is 147 Å². The predicted molar refractivity (Wildman–Crippen MR) is 85.2 cm³/mol. The minimum Gasteiger partial charge on any atom is -0.465 e. The highest BCUT2D eigenvalue weighted by atomic mass is 19.4. The lowest BCUT2D eigenvalue weighted by molar-refractivity contribution is -0.210. The second-order valence-electron chi connectivity index (χ2n) is 6.53. The molecule has 146 valence electrons. The van der Waals surface area contributed by atoms with Crippen molar-refractivity contribution < 1.29 is 37.0 Å². The van der Waals surface area contributed by atoms with Crippen molar-refractivity contribution >= 4 is 17.7 Å². The third kappa shape index (κ3) is 6.17. The highest BCUT2D eigenvalue weighted by Gasteiger charge is 2.42. The van der Waals surface area contributed by atoms with E-state index >= 15 is 0 Å². The van der Waals surface area contributed by atoms with E-state index in [-0.39, 0.29) is 6.04 Å². The Morgan fingerprint density at radius 2 is 1.85 bits per heavy atom. The van der Waals surface area contributed by atoms with Gasteiger partial charge in [-0.25, -0.2) is 14.0 Å². The van der Waals surface area contributed by atoms with Crippen molar-refractivity contribution in [1.29, 1.82) is 0 Å². The highest BCUT2D eigenvalue weighted by Crippen LogP contribution is 2.32. The number of benzene rings is 1. The lowest BCUT2D eigenvalue weighted by Gasteiger charge is -2.30. The smallest absolute Gasteiger partial charge is 0.465 e. The maximum absolute atomic E-state index is 13.0. The molecule has 0 spiro atoms. The van der Waals surface area contributed by atoms with Gasteiger partial charge < -0.3 is 15.6 Å². The van der Waals surface area contributed by atoms with E-state index in [1.807, 2.05) is 0 Å². The van der Waals surface area contributed by atoms with Crippen LogP contribution in [0.2, 0.25) is 0 Å². The van der Waals surface area contributed by atoms with Crippen LogP contribution in [-0.2, 0) is 9.53 Å². The number of carbonyl (C=O) groups is 2. The molecule has 0 saturated carbocycles. The Morgan fingerprint density at radius 3 is 2.27 bits per heavy atom. The van der Waals surface area contributed by atoms with Gasteiger partial charge in [-0.3, -0.25) is 4.90 Å². The number of ether oxygens (including phenoxy) is 1. The van der Waals surface area contributed by atoms with Gasteiger partial charge in [-0.15, -0.1) is 0 Å². The second kappa shape index (κ2) is 7.90. The van der Waals surface area contributed by atoms with Crippen molar-refractivity contribution in [3.63, 3.8) is 0 Å². The molecule has 1 aromatic carbocycles. The number of anilines is 1. The van der Waals surface area contributed by atoms with Gasteiger partial charge in [0.2, 0.25) is 0 Å². The van der Waals surface area contributed by atoms with E-state index in [9.17, 15) is 27.2 Å². The first kappa shape index (κ1) is 21.7. The van der Waals surface area contributed by atoms with Crippen LogP contribution >= 0.6 is 0 Å². The fourth-order valence-electron chi connectivity index (χ4n) is 2.15. The van der Waals surface area contributed by atoms with Gasteiger partial charge in [-0.2, -0.15) is 13.2 Å². The van der Waals surface area contributed by atoms with E-state index < -0.39 is 29.7 Å². The van der Waals surface area contributed by atoms with Gasteiger partial charge in [-0.1, -0.05) is 0 Å². The molecule has 1 atom stereocenters. The zero-order valence-corrected chi connectivity index (χ0v) is 14.4. The number of hydrogen-bond donors (Lipinski definition) is 2. The Kier molecular flexibility index (Phi) is 6.59. The fourth-order valence-corrected chi connectivity index (χ4v) is 2.15. The van der Waals surface area contributed by atoms with Crippen molar-refractivity contribution in [3.8, 4) is 0 Å². The van der Waals surface area contributed by atoms with Crippen LogP contribution < -0.4 is 10.6 Å². The molecule has 1 heterocycles. The molecule has 2 rings (SSSR count). The van der Waals surface area contributed by atoms with Crippen LogP contribution in [0, 0.1) is 5.82 Å². The number of halogens is 4. The Balaban J connectivity index is 0.000000276. The molecule has 0 fully saturated rings. The highest BCUT2D eigenvalue weighted by molar-refractivity contribution is 5.88. The number of carbonyl (C=O) groups excluding carboxylic acids is 1. The molecule has 1 amide bonds. The first-order valence-corrected chi connectivity index (χ1v) is 7.58. The van der Waals surface area contributed by atoms with Crippen LogP contribution in [0.15, 0.2) is 18.2 Å². The molecule has 1 aromatic rings. The maximum atomic E-state index is 13.0. The van der Waals surface area contributed by atoms with Gasteiger partial charge in [0, 0.05) is 12.6 Å². The third-order valence-electron chi connectivity index (χ3n) is 3.20. The number of hydrogen-bond acceptors (Lipinski definition) is 4. The largest absolute Gasteiger partial charge is 0.490 e. The molecule has 26 heavy (non-hydrogen) atoms. The zero-order chi connectivity index (χ0) is 20.3. The molecule has 6 nitrogen and oxygen atoms in total. The topological polar surface area (TPSA) is 92.9 Å². The van der Waals surface area contributed by atoms with Crippen molar-refractivity contribution in [2.75, 3.05) is 11.4 Å². The third-order valence-corrected chi connectivity index (χ3v) is 3.20. The quantitative estimate of drug-likeness (QED) is 0.530. The van der Waals surface area contributed by atoms with Crippen LogP contribution in [0.4, 0.5) is 28.0 Å². The summed E-state index contributed by atoms with van der Waals surface area (Å²) in [7, 11) is 0. The minimum absolute atomic E-state index is 0.286. The molecule has 0 bridgehead atoms. The van der Waals surface area contributed by atoms with E-state index in [2.05, 4.69) is 4.74 Å². The molecule has 10 heteroatoms. The summed E-state index contributed by atoms with van der Waals surface area (Å²) in [6.45, 7) is 4.47. The summed E-state index contributed by atoms with van der Waals surface area (Å²) in [6.07, 6.45) is -5.41. The molecule has 0 aliphatic carbocycles. The summed E-state index contributed by atoms with van der Waals surface area (Å²) in [4.78, 5) is 22.2. The number of rotatable bonds is 0. The molecule has 0 aromatic heterocycles. The lowest BCUT2D eigenvalue weighted by atomic mass is 9.97. The van der Waals surface area contributed by atoms with E-state index in [4.69, 9.17) is 10.8 Å². The molecule has 3 N–H and O–H groups in total. The summed E-state index contributed by atoms with van der Waals surface area (Å²) in [6, 6.07) is 3.71. The average Bonchev–Trinajstić information content (AvgIpc) is 2.46. The average molecular weight is 380 g/mol. The number of fused-ring (bicyclic) bond motifs is 1. The van der Waals surface area contributed by atoms with Gasteiger partial charge in [-0.05, 0) is 51.0 Å². The van der Waals surface area contributed by atoms with Crippen LogP contribution in [0.25, 0.3) is 0 Å². The van der Waals surface area contributed by atoms with Gasteiger partial charge in [0.1, 0.15) is 11.4 Å². The molecule has 0 saturated heterocycles. The molecular formula is C16H20F4N2O4. The maximum Gasteiger partial charge on any atom is 0.490 e. The first-order valence-electron chi connectivity index (χ1n) is 7.58. The first-order chi connectivity index (χ1) is 11.7. The van der Waals surface area contributed by atoms with Gasteiger partial charge in [0.05, 0.1) is 5.69 Å². The molecule has 0 radical (unpaired) electrons. The number of nitrogens with zero attached hydrogens (tertiary/aromatic N) is 1. The zero-order valence-electron chi connectivity index (χ0n) is 14.4. The van der Waals surface area contributed by atoms with Crippen molar-refractivity contribution in [3.05, 3.63) is 29.6 Å². The summed E-state index contributed by atoms with van der Waals surface area (Å²) >= 11 is 0. The molecular weight excluding hydrogens is 360 g/mol. The number of amides is 1. The number of carboxylic acid groups (broad SMARTS) is 1.